The van der Waals surface area contributed by atoms with E-state index in [-0.39, 0.29) is 11.8 Å². The first kappa shape index (κ1) is 12.2. The Hall–Kier alpha value is -0.270. The SMILES string of the molecule is N#CC(c1cc(Cl)cc(Br)c1Cl)C1COC1. The lowest BCUT2D eigenvalue weighted by Crippen LogP contribution is -2.32. The summed E-state index contributed by atoms with van der Waals surface area (Å²) in [6.07, 6.45) is 0. The highest BCUT2D eigenvalue weighted by atomic mass is 79.9. The van der Waals surface area contributed by atoms with Gasteiger partial charge < -0.3 is 4.74 Å². The summed E-state index contributed by atoms with van der Waals surface area (Å²) in [5, 5.41) is 10.3. The van der Waals surface area contributed by atoms with E-state index >= 15 is 0 Å². The molecule has 1 atom stereocenters. The lowest BCUT2D eigenvalue weighted by molar-refractivity contribution is -0.0372. The molecule has 16 heavy (non-hydrogen) atoms. The molecule has 0 spiro atoms. The van der Waals surface area contributed by atoms with Gasteiger partial charge in [0.1, 0.15) is 0 Å². The number of nitrogens with zero attached hydrogens (tertiary/aromatic N) is 1. The van der Waals surface area contributed by atoms with Crippen LogP contribution in [0.2, 0.25) is 10.0 Å². The van der Waals surface area contributed by atoms with E-state index in [1.54, 1.807) is 12.1 Å². The summed E-state index contributed by atoms with van der Waals surface area (Å²) in [6.45, 7) is 1.22. The van der Waals surface area contributed by atoms with Gasteiger partial charge in [0, 0.05) is 15.4 Å². The van der Waals surface area contributed by atoms with Gasteiger partial charge in [-0.2, -0.15) is 5.26 Å². The second-order valence-electron chi connectivity index (χ2n) is 3.70. The summed E-state index contributed by atoms with van der Waals surface area (Å²) in [4.78, 5) is 0. The molecular formula is C11H8BrCl2NO. The Bertz CT molecular complexity index is 454. The van der Waals surface area contributed by atoms with Crippen LogP contribution in [0.4, 0.5) is 0 Å². The van der Waals surface area contributed by atoms with Gasteiger partial charge in [0.25, 0.3) is 0 Å². The Labute approximate surface area is 112 Å². The van der Waals surface area contributed by atoms with Crippen LogP contribution < -0.4 is 0 Å². The largest absolute Gasteiger partial charge is 0.381 e. The Morgan fingerprint density at radius 3 is 2.62 bits per heavy atom. The molecule has 5 heteroatoms. The van der Waals surface area contributed by atoms with Crippen LogP contribution in [0.25, 0.3) is 0 Å². The molecule has 0 amide bonds. The fraction of sp³-hybridized carbons (Fsp3) is 0.364. The van der Waals surface area contributed by atoms with Crippen molar-refractivity contribution in [3.05, 3.63) is 32.2 Å². The second-order valence-corrected chi connectivity index (χ2v) is 5.36. The Morgan fingerprint density at radius 2 is 2.12 bits per heavy atom. The molecule has 2 rings (SSSR count). The van der Waals surface area contributed by atoms with Gasteiger partial charge in [-0.3, -0.25) is 0 Å². The molecule has 0 aromatic heterocycles. The maximum absolute atomic E-state index is 9.20. The molecule has 1 fully saturated rings. The first-order valence-corrected chi connectivity index (χ1v) is 6.30. The van der Waals surface area contributed by atoms with Crippen LogP contribution in [0, 0.1) is 17.2 Å². The molecule has 0 saturated carbocycles. The van der Waals surface area contributed by atoms with E-state index in [1.807, 2.05) is 0 Å². The number of halogens is 3. The predicted molar refractivity (Wildman–Crippen MR) is 66.8 cm³/mol. The molecule has 2 nitrogen and oxygen atoms in total. The molecule has 1 aromatic carbocycles. The molecule has 84 valence electrons. The van der Waals surface area contributed by atoms with Gasteiger partial charge in [-0.25, -0.2) is 0 Å². The molecule has 1 saturated heterocycles. The minimum atomic E-state index is -0.253. The maximum Gasteiger partial charge on any atom is 0.0800 e. The maximum atomic E-state index is 9.20. The third kappa shape index (κ3) is 2.21. The molecule has 1 aromatic rings. The van der Waals surface area contributed by atoms with Crippen LogP contribution in [-0.4, -0.2) is 13.2 Å². The van der Waals surface area contributed by atoms with E-state index in [1.165, 1.54) is 0 Å². The van der Waals surface area contributed by atoms with Crippen molar-refractivity contribution < 1.29 is 4.74 Å². The average molecular weight is 321 g/mol. The Morgan fingerprint density at radius 1 is 1.44 bits per heavy atom. The van der Waals surface area contributed by atoms with Gasteiger partial charge in [-0.1, -0.05) is 23.2 Å². The van der Waals surface area contributed by atoms with Crippen LogP contribution >= 0.6 is 39.1 Å². The van der Waals surface area contributed by atoms with Crippen molar-refractivity contribution >= 4 is 39.1 Å². The first-order chi connectivity index (χ1) is 7.63. The number of hydrogen-bond acceptors (Lipinski definition) is 2. The number of rotatable bonds is 2. The van der Waals surface area contributed by atoms with Crippen molar-refractivity contribution in [2.45, 2.75) is 5.92 Å². The molecule has 0 aliphatic carbocycles. The summed E-state index contributed by atoms with van der Waals surface area (Å²) >= 11 is 15.5. The van der Waals surface area contributed by atoms with E-state index in [0.717, 1.165) is 10.0 Å². The monoisotopic (exact) mass is 319 g/mol. The van der Waals surface area contributed by atoms with Crippen molar-refractivity contribution in [1.82, 2.24) is 0 Å². The normalized spacial score (nSPS) is 17.6. The number of hydrogen-bond donors (Lipinski definition) is 0. The smallest absolute Gasteiger partial charge is 0.0800 e. The molecule has 0 radical (unpaired) electrons. The van der Waals surface area contributed by atoms with Crippen molar-refractivity contribution in [1.29, 1.82) is 5.26 Å². The van der Waals surface area contributed by atoms with Crippen molar-refractivity contribution in [3.63, 3.8) is 0 Å². The zero-order valence-electron chi connectivity index (χ0n) is 8.21. The summed E-state index contributed by atoms with van der Waals surface area (Å²) < 4.78 is 5.82. The standard InChI is InChI=1S/C11H8BrCl2NO/c12-10-2-7(13)1-8(11(10)14)9(3-15)6-4-16-5-6/h1-2,6,9H,4-5H2. The second kappa shape index (κ2) is 4.93. The van der Waals surface area contributed by atoms with Gasteiger partial charge in [0.05, 0.1) is 30.2 Å². The van der Waals surface area contributed by atoms with Crippen LogP contribution in [0.5, 0.6) is 0 Å². The van der Waals surface area contributed by atoms with Gasteiger partial charge in [-0.05, 0) is 33.6 Å². The highest BCUT2D eigenvalue weighted by molar-refractivity contribution is 9.10. The molecule has 1 aliphatic rings. The minimum absolute atomic E-state index is 0.216. The summed E-state index contributed by atoms with van der Waals surface area (Å²) in [6, 6.07) is 5.74. The Balaban J connectivity index is 2.41. The summed E-state index contributed by atoms with van der Waals surface area (Å²) in [5.41, 5.74) is 0.775. The van der Waals surface area contributed by atoms with Gasteiger partial charge >= 0.3 is 0 Å². The van der Waals surface area contributed by atoms with Crippen molar-refractivity contribution in [2.75, 3.05) is 13.2 Å². The quantitative estimate of drug-likeness (QED) is 0.771. The molecule has 1 aliphatic heterocycles. The lowest BCUT2D eigenvalue weighted by Gasteiger charge is -2.30. The lowest BCUT2D eigenvalue weighted by atomic mass is 9.86. The van der Waals surface area contributed by atoms with Crippen LogP contribution in [0.15, 0.2) is 16.6 Å². The van der Waals surface area contributed by atoms with Gasteiger partial charge in [0.2, 0.25) is 0 Å². The van der Waals surface area contributed by atoms with E-state index < -0.39 is 0 Å². The van der Waals surface area contributed by atoms with Gasteiger partial charge in [0.15, 0.2) is 0 Å². The van der Waals surface area contributed by atoms with E-state index in [0.29, 0.717) is 23.3 Å². The predicted octanol–water partition coefficient (Wildman–Crippen LogP) is 4.01. The highest BCUT2D eigenvalue weighted by Gasteiger charge is 2.31. The number of benzene rings is 1. The Kier molecular flexibility index (Phi) is 3.76. The minimum Gasteiger partial charge on any atom is -0.381 e. The van der Waals surface area contributed by atoms with Crippen molar-refractivity contribution in [2.24, 2.45) is 5.92 Å². The molecule has 0 N–H and O–H groups in total. The molecule has 1 heterocycles. The van der Waals surface area contributed by atoms with E-state index in [2.05, 4.69) is 22.0 Å². The van der Waals surface area contributed by atoms with E-state index in [4.69, 9.17) is 27.9 Å². The average Bonchev–Trinajstić information content (AvgIpc) is 2.17. The number of nitriles is 1. The van der Waals surface area contributed by atoms with Crippen molar-refractivity contribution in [3.8, 4) is 6.07 Å². The molecule has 1 unspecified atom stereocenters. The zero-order chi connectivity index (χ0) is 11.7. The van der Waals surface area contributed by atoms with E-state index in [9.17, 15) is 5.26 Å². The third-order valence-electron chi connectivity index (χ3n) is 2.63. The van der Waals surface area contributed by atoms with Crippen LogP contribution in [-0.2, 0) is 4.74 Å². The highest BCUT2D eigenvalue weighted by Crippen LogP contribution is 2.39. The third-order valence-corrected chi connectivity index (χ3v) is 4.12. The van der Waals surface area contributed by atoms with Crippen LogP contribution in [0.3, 0.4) is 0 Å². The number of ether oxygens (including phenoxy) is 1. The van der Waals surface area contributed by atoms with Gasteiger partial charge in [-0.15, -0.1) is 0 Å². The summed E-state index contributed by atoms with van der Waals surface area (Å²) in [7, 11) is 0. The zero-order valence-corrected chi connectivity index (χ0v) is 11.3. The summed E-state index contributed by atoms with van der Waals surface area (Å²) in [5.74, 6) is -0.0379. The molecular weight excluding hydrogens is 313 g/mol. The molecule has 0 bridgehead atoms. The first-order valence-electron chi connectivity index (χ1n) is 4.75. The fourth-order valence-electron chi connectivity index (χ4n) is 1.68. The van der Waals surface area contributed by atoms with Crippen LogP contribution in [0.1, 0.15) is 11.5 Å². The fourth-order valence-corrected chi connectivity index (χ4v) is 2.74. The topological polar surface area (TPSA) is 33.0 Å².